The number of piperidine rings is 1. The molecule has 0 radical (unpaired) electrons. The molecule has 1 fully saturated rings. The zero-order chi connectivity index (χ0) is 23.0. The lowest BCUT2D eigenvalue weighted by molar-refractivity contribution is -0.131. The highest BCUT2D eigenvalue weighted by atomic mass is 16.5. The maximum absolute atomic E-state index is 12.7. The van der Waals surface area contributed by atoms with Crippen LogP contribution in [0.1, 0.15) is 24.0 Å². The molecule has 0 spiro atoms. The summed E-state index contributed by atoms with van der Waals surface area (Å²) < 4.78 is 5.35. The topological polar surface area (TPSA) is 58.6 Å². The number of hydrogen-bond donors (Lipinski definition) is 1. The Bertz CT molecular complexity index is 1070. The molecule has 1 aliphatic heterocycles. The van der Waals surface area contributed by atoms with Gasteiger partial charge in [0.05, 0.1) is 20.0 Å². The van der Waals surface area contributed by atoms with Crippen LogP contribution in [0, 0.1) is 0 Å². The predicted octanol–water partition coefficient (Wildman–Crippen LogP) is 4.25. The molecule has 1 N–H and O–H groups in total. The lowest BCUT2D eigenvalue weighted by atomic mass is 10.0. The van der Waals surface area contributed by atoms with Crippen LogP contribution in [0.2, 0.25) is 0 Å². The lowest BCUT2D eigenvalue weighted by Gasteiger charge is -2.32. The summed E-state index contributed by atoms with van der Waals surface area (Å²) in [4.78, 5) is 27.2. The molecule has 170 valence electrons. The molecule has 0 saturated carbocycles. The number of para-hydroxylation sites is 1. The molecule has 1 aliphatic rings. The summed E-state index contributed by atoms with van der Waals surface area (Å²) in [5, 5.41) is 3.14. The van der Waals surface area contributed by atoms with Crippen molar-refractivity contribution < 1.29 is 14.3 Å². The first-order valence-corrected chi connectivity index (χ1v) is 11.5. The number of rotatable bonds is 7. The molecule has 0 bridgehead atoms. The van der Waals surface area contributed by atoms with Gasteiger partial charge in [0.25, 0.3) is 0 Å². The van der Waals surface area contributed by atoms with Gasteiger partial charge in [0.15, 0.2) is 0 Å². The van der Waals surface area contributed by atoms with E-state index in [2.05, 4.69) is 29.6 Å². The van der Waals surface area contributed by atoms with Gasteiger partial charge in [-0.25, -0.2) is 0 Å². The van der Waals surface area contributed by atoms with Crippen LogP contribution in [-0.4, -0.2) is 43.0 Å². The highest BCUT2D eigenvalue weighted by Gasteiger charge is 2.24. The van der Waals surface area contributed by atoms with E-state index in [0.717, 1.165) is 35.3 Å². The van der Waals surface area contributed by atoms with Crippen molar-refractivity contribution in [2.75, 3.05) is 20.2 Å². The molecule has 3 aromatic rings. The molecule has 0 aromatic heterocycles. The van der Waals surface area contributed by atoms with Gasteiger partial charge in [-0.15, -0.1) is 0 Å². The molecule has 0 unspecified atom stereocenters. The molecule has 3 aromatic carbocycles. The number of carbonyl (C=O) groups excluding carboxylic acids is 2. The molecule has 5 heteroatoms. The lowest BCUT2D eigenvalue weighted by Crippen LogP contribution is -2.47. The molecule has 4 rings (SSSR count). The SMILES string of the molecule is COc1ccccc1CC(=O)N1CCC(NC(=O)Cc2ccc(-c3ccccc3)cc2)CC1. The van der Waals surface area contributed by atoms with Crippen LogP contribution in [-0.2, 0) is 22.4 Å². The Labute approximate surface area is 195 Å². The fourth-order valence-electron chi connectivity index (χ4n) is 4.31. The number of methoxy groups -OCH3 is 1. The Morgan fingerprint density at radius 1 is 0.848 bits per heavy atom. The van der Waals surface area contributed by atoms with E-state index in [9.17, 15) is 9.59 Å². The third-order valence-electron chi connectivity index (χ3n) is 6.17. The van der Waals surface area contributed by atoms with Crippen LogP contribution in [0.15, 0.2) is 78.9 Å². The van der Waals surface area contributed by atoms with E-state index in [1.807, 2.05) is 59.5 Å². The van der Waals surface area contributed by atoms with E-state index in [1.54, 1.807) is 7.11 Å². The normalized spacial score (nSPS) is 14.0. The standard InChI is InChI=1S/C28H30N2O3/c1-33-26-10-6-5-9-24(26)20-28(32)30-17-15-25(16-18-30)29-27(31)19-21-11-13-23(14-12-21)22-7-3-2-4-8-22/h2-14,25H,15-20H2,1H3,(H,29,31). The average Bonchev–Trinajstić information content (AvgIpc) is 2.86. The van der Waals surface area contributed by atoms with E-state index < -0.39 is 0 Å². The van der Waals surface area contributed by atoms with Gasteiger partial charge in [0.1, 0.15) is 5.75 Å². The predicted molar refractivity (Wildman–Crippen MR) is 130 cm³/mol. The number of nitrogens with zero attached hydrogens (tertiary/aromatic N) is 1. The number of amides is 2. The van der Waals surface area contributed by atoms with Crippen molar-refractivity contribution in [3.63, 3.8) is 0 Å². The molecule has 33 heavy (non-hydrogen) atoms. The quantitative estimate of drug-likeness (QED) is 0.595. The fourth-order valence-corrected chi connectivity index (χ4v) is 4.31. The van der Waals surface area contributed by atoms with Crippen molar-refractivity contribution in [2.45, 2.75) is 31.7 Å². The first-order chi connectivity index (χ1) is 16.1. The zero-order valence-corrected chi connectivity index (χ0v) is 19.0. The highest BCUT2D eigenvalue weighted by Crippen LogP contribution is 2.21. The number of carbonyl (C=O) groups is 2. The number of ether oxygens (including phenoxy) is 1. The summed E-state index contributed by atoms with van der Waals surface area (Å²) in [6, 6.07) is 26.1. The van der Waals surface area contributed by atoms with Gasteiger partial charge >= 0.3 is 0 Å². The van der Waals surface area contributed by atoms with E-state index >= 15 is 0 Å². The van der Waals surface area contributed by atoms with Gasteiger partial charge in [0.2, 0.25) is 11.8 Å². The summed E-state index contributed by atoms with van der Waals surface area (Å²) >= 11 is 0. The van der Waals surface area contributed by atoms with Crippen LogP contribution >= 0.6 is 0 Å². The molecular weight excluding hydrogens is 412 g/mol. The Morgan fingerprint density at radius 3 is 2.18 bits per heavy atom. The van der Waals surface area contributed by atoms with Gasteiger partial charge in [-0.3, -0.25) is 9.59 Å². The Morgan fingerprint density at radius 2 is 1.48 bits per heavy atom. The van der Waals surface area contributed by atoms with Gasteiger partial charge < -0.3 is 15.0 Å². The van der Waals surface area contributed by atoms with E-state index in [4.69, 9.17) is 4.74 Å². The van der Waals surface area contributed by atoms with Crippen LogP contribution < -0.4 is 10.1 Å². The minimum atomic E-state index is 0.0289. The van der Waals surface area contributed by atoms with Crippen molar-refractivity contribution in [1.29, 1.82) is 0 Å². The second-order valence-corrected chi connectivity index (χ2v) is 8.45. The third-order valence-corrected chi connectivity index (χ3v) is 6.17. The summed E-state index contributed by atoms with van der Waals surface area (Å²) in [6.07, 6.45) is 2.24. The second kappa shape index (κ2) is 10.8. The van der Waals surface area contributed by atoms with Gasteiger partial charge in [0, 0.05) is 24.7 Å². The van der Waals surface area contributed by atoms with Crippen molar-refractivity contribution in [1.82, 2.24) is 10.2 Å². The van der Waals surface area contributed by atoms with Crippen LogP contribution in [0.3, 0.4) is 0 Å². The Kier molecular flexibility index (Phi) is 7.40. The smallest absolute Gasteiger partial charge is 0.227 e. The first-order valence-electron chi connectivity index (χ1n) is 11.5. The first kappa shape index (κ1) is 22.6. The molecule has 1 heterocycles. The van der Waals surface area contributed by atoms with Gasteiger partial charge in [-0.1, -0.05) is 72.8 Å². The van der Waals surface area contributed by atoms with Crippen molar-refractivity contribution in [2.24, 2.45) is 0 Å². The van der Waals surface area contributed by atoms with Crippen LogP contribution in [0.25, 0.3) is 11.1 Å². The summed E-state index contributed by atoms with van der Waals surface area (Å²) in [5.41, 5.74) is 4.21. The minimum absolute atomic E-state index is 0.0289. The third kappa shape index (κ3) is 6.01. The van der Waals surface area contributed by atoms with Crippen LogP contribution in [0.5, 0.6) is 5.75 Å². The summed E-state index contributed by atoms with van der Waals surface area (Å²) in [6.45, 7) is 1.31. The van der Waals surface area contributed by atoms with E-state index in [1.165, 1.54) is 5.56 Å². The largest absolute Gasteiger partial charge is 0.496 e. The van der Waals surface area contributed by atoms with Gasteiger partial charge in [-0.05, 0) is 35.6 Å². The molecule has 1 saturated heterocycles. The summed E-state index contributed by atoms with van der Waals surface area (Å²) in [7, 11) is 1.62. The number of benzene rings is 3. The molecule has 5 nitrogen and oxygen atoms in total. The van der Waals surface area contributed by atoms with E-state index in [-0.39, 0.29) is 17.9 Å². The maximum atomic E-state index is 12.7. The van der Waals surface area contributed by atoms with E-state index in [0.29, 0.717) is 25.9 Å². The van der Waals surface area contributed by atoms with Crippen LogP contribution in [0.4, 0.5) is 0 Å². The fraction of sp³-hybridized carbons (Fsp3) is 0.286. The van der Waals surface area contributed by atoms with Gasteiger partial charge in [-0.2, -0.15) is 0 Å². The summed E-state index contributed by atoms with van der Waals surface area (Å²) in [5.74, 6) is 0.869. The van der Waals surface area contributed by atoms with Crippen molar-refractivity contribution >= 4 is 11.8 Å². The molecule has 0 aliphatic carbocycles. The Hall–Kier alpha value is -3.60. The molecule has 2 amide bonds. The number of nitrogens with one attached hydrogen (secondary N) is 1. The Balaban J connectivity index is 1.23. The number of likely N-dealkylation sites (tertiary alicyclic amines) is 1. The molecular formula is C28H30N2O3. The average molecular weight is 443 g/mol. The minimum Gasteiger partial charge on any atom is -0.496 e. The second-order valence-electron chi connectivity index (χ2n) is 8.45. The monoisotopic (exact) mass is 442 g/mol. The zero-order valence-electron chi connectivity index (χ0n) is 19.0. The maximum Gasteiger partial charge on any atom is 0.227 e. The highest BCUT2D eigenvalue weighted by molar-refractivity contribution is 5.80. The molecule has 0 atom stereocenters. The van der Waals surface area contributed by atoms with Crippen molar-refractivity contribution in [3.05, 3.63) is 90.0 Å². The van der Waals surface area contributed by atoms with Crippen molar-refractivity contribution in [3.8, 4) is 16.9 Å². The number of hydrogen-bond acceptors (Lipinski definition) is 3.